The van der Waals surface area contributed by atoms with Crippen molar-refractivity contribution in [2.75, 3.05) is 20.1 Å². The number of rotatable bonds is 5. The molecule has 1 aromatic rings. The number of carbonyl (C=O) groups excluding carboxylic acids is 1. The molecule has 118 valence electrons. The minimum atomic E-state index is -0.599. The minimum Gasteiger partial charge on any atom is -0.444 e. The van der Waals surface area contributed by atoms with Gasteiger partial charge in [0, 0.05) is 32.7 Å². The van der Waals surface area contributed by atoms with Crippen LogP contribution in [0.25, 0.3) is 0 Å². The zero-order valence-electron chi connectivity index (χ0n) is 12.9. The van der Waals surface area contributed by atoms with Crippen LogP contribution in [-0.2, 0) is 11.3 Å². The third kappa shape index (κ3) is 7.04. The maximum Gasteiger partial charge on any atom is 0.410 e. The quantitative estimate of drug-likeness (QED) is 0.850. The van der Waals surface area contributed by atoms with Crippen molar-refractivity contribution in [2.45, 2.75) is 32.9 Å². The Kier molecular flexibility index (Phi) is 6.08. The third-order valence-corrected chi connectivity index (χ3v) is 2.58. The van der Waals surface area contributed by atoms with Crippen molar-refractivity contribution in [3.05, 3.63) is 35.4 Å². The Labute approximate surface area is 124 Å². The van der Waals surface area contributed by atoms with Gasteiger partial charge in [0.05, 0.1) is 0 Å². The molecule has 1 amide bonds. The predicted molar refractivity (Wildman–Crippen MR) is 76.9 cm³/mol. The van der Waals surface area contributed by atoms with Gasteiger partial charge in [0.25, 0.3) is 0 Å². The Hall–Kier alpha value is -1.69. The highest BCUT2D eigenvalue weighted by Crippen LogP contribution is 2.09. The third-order valence-electron chi connectivity index (χ3n) is 2.58. The maximum absolute atomic E-state index is 13.0. The molecule has 4 nitrogen and oxygen atoms in total. The summed E-state index contributed by atoms with van der Waals surface area (Å²) in [6.07, 6.45) is -0.402. The Morgan fingerprint density at radius 1 is 1.24 bits per heavy atom. The largest absolute Gasteiger partial charge is 0.444 e. The van der Waals surface area contributed by atoms with Gasteiger partial charge in [0.15, 0.2) is 0 Å². The number of hydrogen-bond acceptors (Lipinski definition) is 3. The number of amides is 1. The normalized spacial score (nSPS) is 11.3. The highest BCUT2D eigenvalue weighted by atomic mass is 19.1. The lowest BCUT2D eigenvalue weighted by Gasteiger charge is -2.24. The number of carbonyl (C=O) groups is 1. The van der Waals surface area contributed by atoms with Crippen molar-refractivity contribution in [3.8, 4) is 0 Å². The number of nitrogens with zero attached hydrogens (tertiary/aromatic N) is 1. The highest BCUT2D eigenvalue weighted by Gasteiger charge is 2.18. The van der Waals surface area contributed by atoms with E-state index < -0.39 is 23.3 Å². The molecule has 0 bridgehead atoms. The number of benzene rings is 1. The molecule has 0 spiro atoms. The van der Waals surface area contributed by atoms with Crippen LogP contribution in [0.1, 0.15) is 26.3 Å². The van der Waals surface area contributed by atoms with Crippen LogP contribution in [0.3, 0.4) is 0 Å². The van der Waals surface area contributed by atoms with Crippen molar-refractivity contribution in [3.63, 3.8) is 0 Å². The molecular formula is C15H22F2N2O2. The SMILES string of the molecule is CN(CCNCc1cc(F)cc(F)c1)C(=O)OC(C)(C)C. The second-order valence-electron chi connectivity index (χ2n) is 5.86. The van der Waals surface area contributed by atoms with E-state index in [2.05, 4.69) is 5.32 Å². The second kappa shape index (κ2) is 7.36. The van der Waals surface area contributed by atoms with Crippen LogP contribution in [-0.4, -0.2) is 36.7 Å². The first kappa shape index (κ1) is 17.4. The molecule has 6 heteroatoms. The number of halogens is 2. The number of hydrogen-bond donors (Lipinski definition) is 1. The molecule has 0 heterocycles. The van der Waals surface area contributed by atoms with Gasteiger partial charge in [0.2, 0.25) is 0 Å². The summed E-state index contributed by atoms with van der Waals surface area (Å²) in [6.45, 7) is 6.66. The summed E-state index contributed by atoms with van der Waals surface area (Å²) in [4.78, 5) is 13.1. The predicted octanol–water partition coefficient (Wildman–Crippen LogP) is 2.92. The van der Waals surface area contributed by atoms with Gasteiger partial charge >= 0.3 is 6.09 Å². The van der Waals surface area contributed by atoms with Gasteiger partial charge in [-0.25, -0.2) is 13.6 Å². The summed E-state index contributed by atoms with van der Waals surface area (Å²) >= 11 is 0. The molecule has 0 aliphatic carbocycles. The summed E-state index contributed by atoms with van der Waals surface area (Å²) in [5.74, 6) is -1.20. The molecule has 1 N–H and O–H groups in total. The van der Waals surface area contributed by atoms with Crippen LogP contribution in [0, 0.1) is 11.6 Å². The first-order valence-electron chi connectivity index (χ1n) is 6.77. The number of nitrogens with one attached hydrogen (secondary N) is 1. The van der Waals surface area contributed by atoms with E-state index in [0.717, 1.165) is 6.07 Å². The smallest absolute Gasteiger partial charge is 0.410 e. The number of ether oxygens (including phenoxy) is 1. The molecule has 1 aromatic carbocycles. The van der Waals surface area contributed by atoms with Crippen molar-refractivity contribution in [1.29, 1.82) is 0 Å². The van der Waals surface area contributed by atoms with Gasteiger partial charge in [-0.2, -0.15) is 0 Å². The molecule has 0 aliphatic heterocycles. The molecule has 0 aliphatic rings. The fourth-order valence-corrected chi connectivity index (χ4v) is 1.62. The fourth-order valence-electron chi connectivity index (χ4n) is 1.62. The summed E-state index contributed by atoms with van der Waals surface area (Å²) in [5, 5.41) is 3.02. The molecule has 0 radical (unpaired) electrons. The molecule has 1 rings (SSSR count). The van der Waals surface area contributed by atoms with Crippen LogP contribution in [0.2, 0.25) is 0 Å². The zero-order chi connectivity index (χ0) is 16.0. The van der Waals surface area contributed by atoms with Crippen LogP contribution < -0.4 is 5.32 Å². The zero-order valence-corrected chi connectivity index (χ0v) is 12.9. The monoisotopic (exact) mass is 300 g/mol. The van der Waals surface area contributed by atoms with E-state index in [1.165, 1.54) is 17.0 Å². The summed E-state index contributed by atoms with van der Waals surface area (Å²) in [6, 6.07) is 3.38. The first-order chi connectivity index (χ1) is 9.67. The average molecular weight is 300 g/mol. The van der Waals surface area contributed by atoms with E-state index in [9.17, 15) is 13.6 Å². The Morgan fingerprint density at radius 2 is 1.81 bits per heavy atom. The van der Waals surface area contributed by atoms with E-state index in [4.69, 9.17) is 4.74 Å². The maximum atomic E-state index is 13.0. The van der Waals surface area contributed by atoms with Crippen molar-refractivity contribution >= 4 is 6.09 Å². The van der Waals surface area contributed by atoms with E-state index in [0.29, 0.717) is 25.2 Å². The molecule has 0 fully saturated rings. The highest BCUT2D eigenvalue weighted by molar-refractivity contribution is 5.67. The van der Waals surface area contributed by atoms with Crippen LogP contribution in [0.4, 0.5) is 13.6 Å². The van der Waals surface area contributed by atoms with Gasteiger partial charge < -0.3 is 15.0 Å². The lowest BCUT2D eigenvalue weighted by molar-refractivity contribution is 0.0300. The summed E-state index contributed by atoms with van der Waals surface area (Å²) < 4.78 is 31.2. The van der Waals surface area contributed by atoms with Gasteiger partial charge in [-0.3, -0.25) is 0 Å². The molecule has 21 heavy (non-hydrogen) atoms. The molecular weight excluding hydrogens is 278 g/mol. The molecule has 0 aromatic heterocycles. The lowest BCUT2D eigenvalue weighted by Crippen LogP contribution is -2.37. The van der Waals surface area contributed by atoms with Crippen molar-refractivity contribution < 1.29 is 18.3 Å². The summed E-state index contributed by atoms with van der Waals surface area (Å²) in [7, 11) is 1.64. The van der Waals surface area contributed by atoms with E-state index in [-0.39, 0.29) is 0 Å². The molecule has 0 atom stereocenters. The Bertz CT molecular complexity index is 467. The van der Waals surface area contributed by atoms with E-state index in [1.807, 2.05) is 0 Å². The van der Waals surface area contributed by atoms with Crippen molar-refractivity contribution in [2.24, 2.45) is 0 Å². The van der Waals surface area contributed by atoms with Gasteiger partial charge in [0.1, 0.15) is 17.2 Å². The van der Waals surface area contributed by atoms with Crippen LogP contribution >= 0.6 is 0 Å². The van der Waals surface area contributed by atoms with Gasteiger partial charge in [-0.05, 0) is 38.5 Å². The standard InChI is InChI=1S/C15H22F2N2O2/c1-15(2,3)21-14(20)19(4)6-5-18-10-11-7-12(16)9-13(17)8-11/h7-9,18H,5-6,10H2,1-4H3. The Balaban J connectivity index is 2.32. The van der Waals surface area contributed by atoms with Crippen LogP contribution in [0.15, 0.2) is 18.2 Å². The van der Waals surface area contributed by atoms with Crippen LogP contribution in [0.5, 0.6) is 0 Å². The molecule has 0 saturated heterocycles. The molecule has 0 unspecified atom stereocenters. The Morgan fingerprint density at radius 3 is 2.33 bits per heavy atom. The molecule has 0 saturated carbocycles. The van der Waals surface area contributed by atoms with Gasteiger partial charge in [-0.1, -0.05) is 0 Å². The second-order valence-corrected chi connectivity index (χ2v) is 5.86. The minimum absolute atomic E-state index is 0.330. The lowest BCUT2D eigenvalue weighted by atomic mass is 10.2. The number of likely N-dealkylation sites (N-methyl/N-ethyl adjacent to an activating group) is 1. The average Bonchev–Trinajstić information content (AvgIpc) is 2.31. The summed E-state index contributed by atoms with van der Waals surface area (Å²) in [5.41, 5.74) is -0.00914. The van der Waals surface area contributed by atoms with Crippen molar-refractivity contribution in [1.82, 2.24) is 10.2 Å². The topological polar surface area (TPSA) is 41.6 Å². The van der Waals surface area contributed by atoms with E-state index >= 15 is 0 Å². The fraction of sp³-hybridized carbons (Fsp3) is 0.533. The van der Waals surface area contributed by atoms with Gasteiger partial charge in [-0.15, -0.1) is 0 Å². The van der Waals surface area contributed by atoms with E-state index in [1.54, 1.807) is 27.8 Å². The first-order valence-corrected chi connectivity index (χ1v) is 6.77.